The van der Waals surface area contributed by atoms with E-state index in [0.717, 1.165) is 12.8 Å². The highest BCUT2D eigenvalue weighted by atomic mass is 16.5. The smallest absolute Gasteiger partial charge is 0.342 e. The van der Waals surface area contributed by atoms with Crippen molar-refractivity contribution in [1.29, 1.82) is 0 Å². The summed E-state index contributed by atoms with van der Waals surface area (Å²) in [4.78, 5) is 41.7. The molecule has 2 aromatic heterocycles. The van der Waals surface area contributed by atoms with Crippen LogP contribution in [0.3, 0.4) is 0 Å². The summed E-state index contributed by atoms with van der Waals surface area (Å²) < 4.78 is 11.6. The molecule has 8 heteroatoms. The maximum Gasteiger partial charge on any atom is 0.342 e. The number of esters is 1. The van der Waals surface area contributed by atoms with Crippen molar-refractivity contribution in [2.75, 3.05) is 6.61 Å². The Kier molecular flexibility index (Phi) is 5.86. The molecule has 1 fully saturated rings. The lowest BCUT2D eigenvalue weighted by molar-refractivity contribution is -0.123. The summed E-state index contributed by atoms with van der Waals surface area (Å²) >= 11 is 0. The predicted molar refractivity (Wildman–Crippen MR) is 103 cm³/mol. The SMILES string of the molecule is CCOC(=O)c1c(C)oc2ncn(CC(=O)N[C@@H]3CCC[C@H](C)[C@@H]3C)c(=O)c12. The van der Waals surface area contributed by atoms with Crippen LogP contribution in [0.2, 0.25) is 0 Å². The number of furan rings is 1. The van der Waals surface area contributed by atoms with E-state index in [9.17, 15) is 14.4 Å². The molecule has 0 aromatic carbocycles. The van der Waals surface area contributed by atoms with E-state index in [0.29, 0.717) is 11.8 Å². The molecule has 8 nitrogen and oxygen atoms in total. The maximum absolute atomic E-state index is 12.9. The first kappa shape index (κ1) is 20.1. The number of amides is 1. The van der Waals surface area contributed by atoms with Gasteiger partial charge in [0.25, 0.3) is 5.56 Å². The van der Waals surface area contributed by atoms with Crippen LogP contribution in [0.15, 0.2) is 15.5 Å². The van der Waals surface area contributed by atoms with Gasteiger partial charge in [-0.25, -0.2) is 9.78 Å². The van der Waals surface area contributed by atoms with Gasteiger partial charge in [-0.05, 0) is 32.1 Å². The Morgan fingerprint density at radius 1 is 1.36 bits per heavy atom. The molecule has 0 aliphatic heterocycles. The van der Waals surface area contributed by atoms with Gasteiger partial charge < -0.3 is 14.5 Å². The largest absolute Gasteiger partial charge is 0.462 e. The van der Waals surface area contributed by atoms with E-state index >= 15 is 0 Å². The van der Waals surface area contributed by atoms with Crippen molar-refractivity contribution >= 4 is 23.0 Å². The van der Waals surface area contributed by atoms with Gasteiger partial charge in [0, 0.05) is 6.04 Å². The summed E-state index contributed by atoms with van der Waals surface area (Å²) in [5, 5.41) is 3.09. The zero-order valence-electron chi connectivity index (χ0n) is 16.8. The third-order valence-electron chi connectivity index (χ3n) is 5.70. The quantitative estimate of drug-likeness (QED) is 0.788. The normalized spacial score (nSPS) is 22.2. The molecule has 0 unspecified atom stereocenters. The first-order valence-electron chi connectivity index (χ1n) is 9.78. The van der Waals surface area contributed by atoms with Gasteiger partial charge in [0.05, 0.1) is 6.61 Å². The van der Waals surface area contributed by atoms with E-state index < -0.39 is 11.5 Å². The first-order valence-corrected chi connectivity index (χ1v) is 9.78. The van der Waals surface area contributed by atoms with E-state index in [1.54, 1.807) is 13.8 Å². The van der Waals surface area contributed by atoms with Crippen LogP contribution in [0.25, 0.3) is 11.1 Å². The topological polar surface area (TPSA) is 103 Å². The van der Waals surface area contributed by atoms with Gasteiger partial charge in [-0.3, -0.25) is 14.2 Å². The minimum atomic E-state index is -0.634. The summed E-state index contributed by atoms with van der Waals surface area (Å²) in [7, 11) is 0. The lowest BCUT2D eigenvalue weighted by Crippen LogP contribution is -2.45. The zero-order chi connectivity index (χ0) is 20.4. The molecule has 152 valence electrons. The highest BCUT2D eigenvalue weighted by molar-refractivity contribution is 6.03. The van der Waals surface area contributed by atoms with Crippen LogP contribution >= 0.6 is 0 Å². The summed E-state index contributed by atoms with van der Waals surface area (Å²) in [5.41, 5.74) is -0.360. The molecule has 0 spiro atoms. The molecule has 1 aliphatic carbocycles. The van der Waals surface area contributed by atoms with E-state index in [2.05, 4.69) is 24.1 Å². The molecule has 1 saturated carbocycles. The van der Waals surface area contributed by atoms with Crippen molar-refractivity contribution in [1.82, 2.24) is 14.9 Å². The molecule has 2 aromatic rings. The summed E-state index contributed by atoms with van der Waals surface area (Å²) in [6, 6.07) is 0.106. The number of carbonyl (C=O) groups is 2. The number of hydrogen-bond acceptors (Lipinski definition) is 6. The molecule has 3 atom stereocenters. The van der Waals surface area contributed by atoms with Gasteiger partial charge in [-0.1, -0.05) is 26.7 Å². The number of nitrogens with one attached hydrogen (secondary N) is 1. The molecular weight excluding hydrogens is 362 g/mol. The molecule has 0 saturated heterocycles. The number of nitrogens with zero attached hydrogens (tertiary/aromatic N) is 2. The number of fused-ring (bicyclic) bond motifs is 1. The van der Waals surface area contributed by atoms with Crippen LogP contribution in [0.1, 0.15) is 56.2 Å². The Morgan fingerprint density at radius 2 is 2.11 bits per heavy atom. The average Bonchev–Trinajstić information content (AvgIpc) is 2.98. The number of ether oxygens (including phenoxy) is 1. The average molecular weight is 389 g/mol. The highest BCUT2D eigenvalue weighted by Gasteiger charge is 2.29. The van der Waals surface area contributed by atoms with Gasteiger partial charge in [0.1, 0.15) is 29.6 Å². The Balaban J connectivity index is 1.84. The van der Waals surface area contributed by atoms with Crippen LogP contribution < -0.4 is 10.9 Å². The van der Waals surface area contributed by atoms with Crippen molar-refractivity contribution in [3.05, 3.63) is 28.0 Å². The molecule has 28 heavy (non-hydrogen) atoms. The number of rotatable bonds is 5. The third-order valence-corrected chi connectivity index (χ3v) is 5.70. The molecule has 1 amide bonds. The zero-order valence-corrected chi connectivity index (χ0v) is 16.8. The maximum atomic E-state index is 12.9. The summed E-state index contributed by atoms with van der Waals surface area (Å²) in [6.45, 7) is 7.63. The van der Waals surface area contributed by atoms with Crippen LogP contribution in [0.5, 0.6) is 0 Å². The second-order valence-corrected chi connectivity index (χ2v) is 7.55. The number of carbonyl (C=O) groups excluding carboxylic acids is 2. The van der Waals surface area contributed by atoms with Gasteiger partial charge in [0.15, 0.2) is 0 Å². The summed E-state index contributed by atoms with van der Waals surface area (Å²) in [6.07, 6.45) is 4.47. The molecule has 0 radical (unpaired) electrons. The van der Waals surface area contributed by atoms with Gasteiger partial charge >= 0.3 is 5.97 Å². The van der Waals surface area contributed by atoms with Gasteiger partial charge in [-0.15, -0.1) is 0 Å². The van der Waals surface area contributed by atoms with E-state index in [-0.39, 0.29) is 47.5 Å². The monoisotopic (exact) mass is 389 g/mol. The first-order chi connectivity index (χ1) is 13.3. The van der Waals surface area contributed by atoms with Gasteiger partial charge in [-0.2, -0.15) is 0 Å². The van der Waals surface area contributed by atoms with Crippen LogP contribution in [0.4, 0.5) is 0 Å². The Hall–Kier alpha value is -2.64. The lowest BCUT2D eigenvalue weighted by atomic mass is 9.78. The molecular formula is C20H27N3O5. The molecule has 2 heterocycles. The van der Waals surface area contributed by atoms with Crippen molar-refractivity contribution in [3.8, 4) is 0 Å². The fourth-order valence-electron chi connectivity index (χ4n) is 3.89. The fourth-order valence-corrected chi connectivity index (χ4v) is 3.89. The Morgan fingerprint density at radius 3 is 2.82 bits per heavy atom. The minimum absolute atomic E-state index is 0.0471. The van der Waals surface area contributed by atoms with Crippen LogP contribution in [-0.2, 0) is 16.1 Å². The standard InChI is InChI=1S/C20H27N3O5/c1-5-27-20(26)16-13(4)28-18-17(16)19(25)23(10-21-18)9-15(24)22-14-8-6-7-11(2)12(14)3/h10-12,14H,5-9H2,1-4H3,(H,22,24)/t11-,12-,14+/m0/s1. The van der Waals surface area contributed by atoms with Crippen molar-refractivity contribution in [2.24, 2.45) is 11.8 Å². The fraction of sp³-hybridized carbons (Fsp3) is 0.600. The van der Waals surface area contributed by atoms with Crippen molar-refractivity contribution in [2.45, 2.75) is 59.5 Å². The number of aromatic nitrogens is 2. The third kappa shape index (κ3) is 3.81. The Bertz CT molecular complexity index is 945. The van der Waals surface area contributed by atoms with Crippen molar-refractivity contribution < 1.29 is 18.7 Å². The minimum Gasteiger partial charge on any atom is -0.462 e. The molecule has 0 bridgehead atoms. The molecule has 3 rings (SSSR count). The van der Waals surface area contributed by atoms with E-state index in [4.69, 9.17) is 9.15 Å². The van der Waals surface area contributed by atoms with Crippen molar-refractivity contribution in [3.63, 3.8) is 0 Å². The van der Waals surface area contributed by atoms with Gasteiger partial charge in [0.2, 0.25) is 11.6 Å². The predicted octanol–water partition coefficient (Wildman–Crippen LogP) is 2.42. The number of aryl methyl sites for hydroxylation is 1. The molecule has 1 aliphatic rings. The summed E-state index contributed by atoms with van der Waals surface area (Å²) in [5.74, 6) is 0.338. The highest BCUT2D eigenvalue weighted by Crippen LogP contribution is 2.29. The van der Waals surface area contributed by atoms with E-state index in [1.807, 2.05) is 0 Å². The Labute approximate surface area is 163 Å². The number of hydrogen-bond donors (Lipinski definition) is 1. The lowest BCUT2D eigenvalue weighted by Gasteiger charge is -2.34. The molecule has 1 N–H and O–H groups in total. The van der Waals surface area contributed by atoms with Crippen LogP contribution in [-0.4, -0.2) is 34.1 Å². The van der Waals surface area contributed by atoms with Crippen LogP contribution in [0, 0.1) is 18.8 Å². The second kappa shape index (κ2) is 8.16. The second-order valence-electron chi connectivity index (χ2n) is 7.55. The van der Waals surface area contributed by atoms with E-state index in [1.165, 1.54) is 17.3 Å².